The van der Waals surface area contributed by atoms with Crippen molar-refractivity contribution in [3.05, 3.63) is 130 Å². The third kappa shape index (κ3) is 13.1. The van der Waals surface area contributed by atoms with Gasteiger partial charge in [0, 0.05) is 0 Å². The van der Waals surface area contributed by atoms with E-state index >= 15 is 0 Å². The van der Waals surface area contributed by atoms with Gasteiger partial charge in [0.2, 0.25) is 0 Å². The van der Waals surface area contributed by atoms with Gasteiger partial charge in [-0.2, -0.15) is 0 Å². The molecule has 1 rings (SSSR count). The number of hydrogen-bond donors (Lipinski definition) is 0. The van der Waals surface area contributed by atoms with Gasteiger partial charge in [0.25, 0.3) is 0 Å². The maximum absolute atomic E-state index is 2.37. The summed E-state index contributed by atoms with van der Waals surface area (Å²) in [7, 11) is 0. The first kappa shape index (κ1) is 33.2. The topological polar surface area (TPSA) is 0 Å². The first-order chi connectivity index (χ1) is 18.0. The van der Waals surface area contributed by atoms with Crippen LogP contribution in [0.3, 0.4) is 0 Å². The molecule has 0 aromatic rings. The van der Waals surface area contributed by atoms with Crippen LogP contribution in [0, 0.1) is 5.41 Å². The Morgan fingerprint density at radius 3 is 1.66 bits per heavy atom. The van der Waals surface area contributed by atoms with E-state index in [-0.39, 0.29) is 0 Å². The van der Waals surface area contributed by atoms with Crippen LogP contribution in [0.1, 0.15) is 101 Å². The predicted octanol–water partition coefficient (Wildman–Crippen LogP) is 12.2. The molecule has 0 heteroatoms. The molecular weight excluding hydrogens is 456 g/mol. The van der Waals surface area contributed by atoms with Gasteiger partial charge in [-0.05, 0) is 90.2 Å². The van der Waals surface area contributed by atoms with Crippen molar-refractivity contribution in [2.75, 3.05) is 0 Å². The quantitative estimate of drug-likeness (QED) is 0.229. The Morgan fingerprint density at radius 1 is 0.658 bits per heavy atom. The molecule has 0 atom stereocenters. The van der Waals surface area contributed by atoms with Gasteiger partial charge < -0.3 is 0 Å². The van der Waals surface area contributed by atoms with E-state index in [0.717, 1.165) is 12.8 Å². The average molecular weight is 511 g/mol. The zero-order valence-corrected chi connectivity index (χ0v) is 26.1. The van der Waals surface area contributed by atoms with Gasteiger partial charge in [0.1, 0.15) is 0 Å². The lowest BCUT2D eigenvalue weighted by Crippen LogP contribution is -2.19. The second kappa shape index (κ2) is 17.6. The summed E-state index contributed by atoms with van der Waals surface area (Å²) in [5, 5.41) is 0. The molecule has 38 heavy (non-hydrogen) atoms. The minimum Gasteiger partial charge on any atom is -0.0704 e. The van der Waals surface area contributed by atoms with Crippen molar-refractivity contribution in [1.82, 2.24) is 0 Å². The zero-order valence-electron chi connectivity index (χ0n) is 26.1. The third-order valence-electron chi connectivity index (χ3n) is 7.33. The summed E-state index contributed by atoms with van der Waals surface area (Å²) in [4.78, 5) is 0. The second-order valence-electron chi connectivity index (χ2n) is 11.4. The third-order valence-corrected chi connectivity index (χ3v) is 7.33. The summed E-state index contributed by atoms with van der Waals surface area (Å²) >= 11 is 0. The second-order valence-corrected chi connectivity index (χ2v) is 11.4. The summed E-state index contributed by atoms with van der Waals surface area (Å²) in [5.41, 5.74) is 11.3. The molecule has 0 spiro atoms. The maximum atomic E-state index is 2.37. The van der Waals surface area contributed by atoms with Crippen molar-refractivity contribution >= 4 is 0 Å². The fourth-order valence-electron chi connectivity index (χ4n) is 4.59. The van der Waals surface area contributed by atoms with E-state index in [1.54, 1.807) is 5.57 Å². The van der Waals surface area contributed by atoms with E-state index < -0.39 is 0 Å². The van der Waals surface area contributed by atoms with E-state index in [2.05, 4.69) is 154 Å². The van der Waals surface area contributed by atoms with Gasteiger partial charge in [-0.15, -0.1) is 0 Å². The lowest BCUT2D eigenvalue weighted by Gasteiger charge is -2.32. The Hall–Kier alpha value is -2.86. The summed E-state index contributed by atoms with van der Waals surface area (Å²) in [6.45, 7) is 22.3. The standard InChI is InChI=1S/C38H54/c1-11-34(7)36(12-2)27-25-32(5)22-15-20-30(3)18-13-14-19-31(4)21-16-23-33(6)26-28-37-35(8)24-17-29-38(37,9)10/h13-16,18-23,25-28H,11-12,17,24,29H2,1-10H3/b14-13+,20-15+,21-16+,27-25+,28-26+,30-18+,31-19+,32-22+,33-23+,36-34+. The summed E-state index contributed by atoms with van der Waals surface area (Å²) in [6, 6.07) is 0. The van der Waals surface area contributed by atoms with Crippen LogP contribution in [0.25, 0.3) is 0 Å². The van der Waals surface area contributed by atoms with E-state index in [1.165, 1.54) is 58.3 Å². The van der Waals surface area contributed by atoms with Crippen molar-refractivity contribution < 1.29 is 0 Å². The monoisotopic (exact) mass is 510 g/mol. The summed E-state index contributed by atoms with van der Waals surface area (Å²) < 4.78 is 0. The number of rotatable bonds is 12. The molecule has 1 aliphatic carbocycles. The van der Waals surface area contributed by atoms with Gasteiger partial charge in [0.15, 0.2) is 0 Å². The number of hydrogen-bond acceptors (Lipinski definition) is 0. The molecule has 0 unspecified atom stereocenters. The lowest BCUT2D eigenvalue weighted by atomic mass is 9.72. The van der Waals surface area contributed by atoms with Gasteiger partial charge in [-0.1, -0.05) is 146 Å². The van der Waals surface area contributed by atoms with Crippen LogP contribution in [-0.2, 0) is 0 Å². The number of allylic oxidation sites excluding steroid dienone is 22. The van der Waals surface area contributed by atoms with Crippen molar-refractivity contribution in [1.29, 1.82) is 0 Å². The Balaban J connectivity index is 2.66. The van der Waals surface area contributed by atoms with Crippen molar-refractivity contribution in [2.45, 2.75) is 101 Å². The highest BCUT2D eigenvalue weighted by Gasteiger charge is 2.26. The highest BCUT2D eigenvalue weighted by molar-refractivity contribution is 5.37. The molecule has 1 aliphatic rings. The predicted molar refractivity (Wildman–Crippen MR) is 174 cm³/mol. The zero-order chi connectivity index (χ0) is 28.6. The fourth-order valence-corrected chi connectivity index (χ4v) is 4.59. The Labute approximate surface area is 236 Å². The van der Waals surface area contributed by atoms with E-state index in [9.17, 15) is 0 Å². The molecule has 0 fully saturated rings. The fraction of sp³-hybridized carbons (Fsp3) is 0.421. The molecule has 206 valence electrons. The van der Waals surface area contributed by atoms with Crippen LogP contribution in [0.2, 0.25) is 0 Å². The minimum atomic E-state index is 0.292. The molecule has 0 amide bonds. The SMILES string of the molecule is CC/C(C)=C(/C=C/C(C)=C/C=C/C(C)=C/C=C/C=C(C)/C=C/C=C(C)/C=C/C1=C(C)CCCC1(C)C)CC. The molecule has 0 saturated carbocycles. The normalized spacial score (nSPS) is 19.3. The molecule has 0 aromatic carbocycles. The average Bonchev–Trinajstić information content (AvgIpc) is 2.86. The van der Waals surface area contributed by atoms with Crippen LogP contribution in [0.15, 0.2) is 130 Å². The first-order valence-electron chi connectivity index (χ1n) is 14.5. The molecular formula is C38H54. The first-order valence-corrected chi connectivity index (χ1v) is 14.5. The maximum Gasteiger partial charge on any atom is -0.0104 e. The van der Waals surface area contributed by atoms with Gasteiger partial charge >= 0.3 is 0 Å². The minimum absolute atomic E-state index is 0.292. The van der Waals surface area contributed by atoms with E-state index in [1.807, 2.05) is 0 Å². The van der Waals surface area contributed by atoms with Crippen LogP contribution in [0.4, 0.5) is 0 Å². The van der Waals surface area contributed by atoms with Crippen molar-refractivity contribution in [3.8, 4) is 0 Å². The summed E-state index contributed by atoms with van der Waals surface area (Å²) in [6.07, 6.45) is 36.5. The van der Waals surface area contributed by atoms with Crippen LogP contribution < -0.4 is 0 Å². The lowest BCUT2D eigenvalue weighted by molar-refractivity contribution is 0.377. The Morgan fingerprint density at radius 2 is 1.16 bits per heavy atom. The summed E-state index contributed by atoms with van der Waals surface area (Å²) in [5.74, 6) is 0. The van der Waals surface area contributed by atoms with Gasteiger partial charge in [0.05, 0.1) is 0 Å². The van der Waals surface area contributed by atoms with Gasteiger partial charge in [-0.3, -0.25) is 0 Å². The van der Waals surface area contributed by atoms with Crippen molar-refractivity contribution in [2.24, 2.45) is 5.41 Å². The van der Waals surface area contributed by atoms with Gasteiger partial charge in [-0.25, -0.2) is 0 Å². The molecule has 0 aromatic heterocycles. The molecule has 0 nitrogen and oxygen atoms in total. The molecule has 0 bridgehead atoms. The highest BCUT2D eigenvalue weighted by Crippen LogP contribution is 2.40. The highest BCUT2D eigenvalue weighted by atomic mass is 14.3. The van der Waals surface area contributed by atoms with Crippen LogP contribution in [-0.4, -0.2) is 0 Å². The molecule has 0 saturated heterocycles. The Kier molecular flexibility index (Phi) is 15.4. The Bertz CT molecular complexity index is 1100. The van der Waals surface area contributed by atoms with Crippen molar-refractivity contribution in [3.63, 3.8) is 0 Å². The van der Waals surface area contributed by atoms with Crippen LogP contribution >= 0.6 is 0 Å². The van der Waals surface area contributed by atoms with Crippen LogP contribution in [0.5, 0.6) is 0 Å². The molecule has 0 aliphatic heterocycles. The molecule has 0 heterocycles. The largest absolute Gasteiger partial charge is 0.0704 e. The van der Waals surface area contributed by atoms with E-state index in [4.69, 9.17) is 0 Å². The van der Waals surface area contributed by atoms with E-state index in [0.29, 0.717) is 5.41 Å². The smallest absolute Gasteiger partial charge is 0.0104 e. The molecule has 0 radical (unpaired) electrons. The molecule has 0 N–H and O–H groups in total.